The summed E-state index contributed by atoms with van der Waals surface area (Å²) in [6.45, 7) is 3.04. The first-order valence-corrected chi connectivity index (χ1v) is 5.43. The topological polar surface area (TPSA) is 57.5 Å². The molecule has 2 N–H and O–H groups in total. The van der Waals surface area contributed by atoms with Crippen molar-refractivity contribution in [2.24, 2.45) is 5.41 Å². The Morgan fingerprint density at radius 1 is 1.50 bits per heavy atom. The quantitative estimate of drug-likeness (QED) is 0.900. The first-order valence-electron chi connectivity index (χ1n) is 4.64. The second-order valence-electron chi connectivity index (χ2n) is 4.26. The molecule has 0 saturated heterocycles. The van der Waals surface area contributed by atoms with Crippen LogP contribution in [0.1, 0.15) is 19.4 Å². The van der Waals surface area contributed by atoms with Gasteiger partial charge < -0.3 is 10.2 Å². The van der Waals surface area contributed by atoms with E-state index in [1.165, 1.54) is 19.9 Å². The fourth-order valence-corrected chi connectivity index (χ4v) is 1.78. The lowest BCUT2D eigenvalue weighted by molar-refractivity contribution is -0.146. The SMILES string of the molecule is CC(C)(Cc1cc(Br)cc(F)c1O)C(=O)O. The number of carboxylic acid groups (broad SMARTS) is 1. The van der Waals surface area contributed by atoms with Gasteiger partial charge in [0.25, 0.3) is 0 Å². The molecule has 0 radical (unpaired) electrons. The third-order valence-corrected chi connectivity index (χ3v) is 2.78. The van der Waals surface area contributed by atoms with Crippen molar-refractivity contribution in [2.75, 3.05) is 0 Å². The van der Waals surface area contributed by atoms with Crippen molar-refractivity contribution < 1.29 is 19.4 Å². The molecule has 0 aliphatic heterocycles. The molecule has 0 saturated carbocycles. The Labute approximate surface area is 101 Å². The van der Waals surface area contributed by atoms with Gasteiger partial charge >= 0.3 is 5.97 Å². The smallest absolute Gasteiger partial charge is 0.309 e. The Morgan fingerprint density at radius 2 is 2.06 bits per heavy atom. The van der Waals surface area contributed by atoms with E-state index in [-0.39, 0.29) is 12.0 Å². The molecule has 0 aliphatic rings. The van der Waals surface area contributed by atoms with E-state index >= 15 is 0 Å². The van der Waals surface area contributed by atoms with Gasteiger partial charge in [0.15, 0.2) is 11.6 Å². The molecule has 0 aromatic heterocycles. The minimum absolute atomic E-state index is 0.0600. The molecule has 3 nitrogen and oxygen atoms in total. The van der Waals surface area contributed by atoms with Crippen molar-refractivity contribution in [3.63, 3.8) is 0 Å². The van der Waals surface area contributed by atoms with Crippen LogP contribution in [0.25, 0.3) is 0 Å². The third kappa shape index (κ3) is 2.72. The van der Waals surface area contributed by atoms with Crippen LogP contribution < -0.4 is 0 Å². The lowest BCUT2D eigenvalue weighted by Gasteiger charge is -2.19. The van der Waals surface area contributed by atoms with Gasteiger partial charge in [-0.25, -0.2) is 4.39 Å². The van der Waals surface area contributed by atoms with Crippen LogP contribution in [0, 0.1) is 11.2 Å². The van der Waals surface area contributed by atoms with Gasteiger partial charge in [-0.3, -0.25) is 4.79 Å². The van der Waals surface area contributed by atoms with Crippen molar-refractivity contribution in [1.29, 1.82) is 0 Å². The number of aliphatic carboxylic acids is 1. The van der Waals surface area contributed by atoms with Crippen molar-refractivity contribution in [1.82, 2.24) is 0 Å². The van der Waals surface area contributed by atoms with Gasteiger partial charge in [0.1, 0.15) is 0 Å². The summed E-state index contributed by atoms with van der Waals surface area (Å²) < 4.78 is 13.7. The van der Waals surface area contributed by atoms with Gasteiger partial charge in [-0.05, 0) is 38.0 Å². The summed E-state index contributed by atoms with van der Waals surface area (Å²) in [6, 6.07) is 2.65. The maximum atomic E-state index is 13.2. The average molecular weight is 291 g/mol. The van der Waals surface area contributed by atoms with Crippen molar-refractivity contribution in [2.45, 2.75) is 20.3 Å². The first-order chi connectivity index (χ1) is 7.24. The van der Waals surface area contributed by atoms with Crippen LogP contribution in [0.5, 0.6) is 5.75 Å². The number of benzene rings is 1. The Balaban J connectivity index is 3.11. The predicted octanol–water partition coefficient (Wildman–Crippen LogP) is 2.95. The van der Waals surface area contributed by atoms with Crippen LogP contribution in [0.3, 0.4) is 0 Å². The zero-order chi connectivity index (χ0) is 12.5. The largest absolute Gasteiger partial charge is 0.505 e. The van der Waals surface area contributed by atoms with Gasteiger partial charge in [0, 0.05) is 4.47 Å². The van der Waals surface area contributed by atoms with E-state index < -0.39 is 23.0 Å². The fourth-order valence-electron chi connectivity index (χ4n) is 1.31. The van der Waals surface area contributed by atoms with Gasteiger partial charge in [0.2, 0.25) is 0 Å². The maximum Gasteiger partial charge on any atom is 0.309 e. The summed E-state index contributed by atoms with van der Waals surface area (Å²) in [5.74, 6) is -2.24. The van der Waals surface area contributed by atoms with Crippen LogP contribution >= 0.6 is 15.9 Å². The van der Waals surface area contributed by atoms with Gasteiger partial charge in [-0.15, -0.1) is 0 Å². The number of aromatic hydroxyl groups is 1. The summed E-state index contributed by atoms with van der Waals surface area (Å²) in [5, 5.41) is 18.4. The molecule has 1 rings (SSSR count). The van der Waals surface area contributed by atoms with E-state index in [2.05, 4.69) is 15.9 Å². The lowest BCUT2D eigenvalue weighted by Crippen LogP contribution is -2.26. The molecule has 5 heteroatoms. The highest BCUT2D eigenvalue weighted by atomic mass is 79.9. The summed E-state index contributed by atoms with van der Waals surface area (Å²) in [4.78, 5) is 10.9. The maximum absolute atomic E-state index is 13.2. The predicted molar refractivity (Wildman–Crippen MR) is 60.9 cm³/mol. The monoisotopic (exact) mass is 290 g/mol. The lowest BCUT2D eigenvalue weighted by atomic mass is 9.85. The number of carbonyl (C=O) groups is 1. The molecule has 88 valence electrons. The molecule has 0 fully saturated rings. The fraction of sp³-hybridized carbons (Fsp3) is 0.364. The zero-order valence-corrected chi connectivity index (χ0v) is 10.5. The van der Waals surface area contributed by atoms with E-state index in [0.717, 1.165) is 6.07 Å². The molecule has 1 aromatic rings. The van der Waals surface area contributed by atoms with E-state index in [1.54, 1.807) is 0 Å². The molecule has 0 amide bonds. The van der Waals surface area contributed by atoms with Crippen LogP contribution in [0.2, 0.25) is 0 Å². The normalized spacial score (nSPS) is 11.5. The summed E-state index contributed by atoms with van der Waals surface area (Å²) in [6.07, 6.45) is 0.0600. The summed E-state index contributed by atoms with van der Waals surface area (Å²) >= 11 is 3.09. The molecule has 1 aromatic carbocycles. The highest BCUT2D eigenvalue weighted by Gasteiger charge is 2.29. The Kier molecular flexibility index (Phi) is 3.57. The van der Waals surface area contributed by atoms with Crippen LogP contribution in [-0.2, 0) is 11.2 Å². The number of carboxylic acids is 1. The molecule has 0 bridgehead atoms. The van der Waals surface area contributed by atoms with Crippen LogP contribution in [-0.4, -0.2) is 16.2 Å². The Bertz CT molecular complexity index is 429. The van der Waals surface area contributed by atoms with Crippen LogP contribution in [0.4, 0.5) is 4.39 Å². The Morgan fingerprint density at radius 3 is 2.56 bits per heavy atom. The minimum Gasteiger partial charge on any atom is -0.505 e. The summed E-state index contributed by atoms with van der Waals surface area (Å²) in [7, 11) is 0. The molecule has 0 spiro atoms. The van der Waals surface area contributed by atoms with Gasteiger partial charge in [-0.1, -0.05) is 15.9 Å². The number of rotatable bonds is 3. The minimum atomic E-state index is -1.05. The highest BCUT2D eigenvalue weighted by Crippen LogP contribution is 2.31. The van der Waals surface area contributed by atoms with Crippen molar-refractivity contribution >= 4 is 21.9 Å². The number of hydrogen-bond donors (Lipinski definition) is 2. The van der Waals surface area contributed by atoms with Crippen molar-refractivity contribution in [3.05, 3.63) is 28.0 Å². The molecular formula is C11H12BrFO3. The molecule has 0 unspecified atom stereocenters. The Hall–Kier alpha value is -1.10. The zero-order valence-electron chi connectivity index (χ0n) is 8.92. The van der Waals surface area contributed by atoms with E-state index in [0.29, 0.717) is 4.47 Å². The average Bonchev–Trinajstić information content (AvgIpc) is 2.12. The van der Waals surface area contributed by atoms with E-state index in [1.807, 2.05) is 0 Å². The second-order valence-corrected chi connectivity index (χ2v) is 5.18. The van der Waals surface area contributed by atoms with Gasteiger partial charge in [-0.2, -0.15) is 0 Å². The van der Waals surface area contributed by atoms with Crippen molar-refractivity contribution in [3.8, 4) is 5.75 Å². The number of phenolic OH excluding ortho intramolecular Hbond substituents is 1. The standard InChI is InChI=1S/C11H12BrFO3/c1-11(2,10(15)16)5-6-3-7(12)4-8(13)9(6)14/h3-4,14H,5H2,1-2H3,(H,15,16). The van der Waals surface area contributed by atoms with Crippen LogP contribution in [0.15, 0.2) is 16.6 Å². The van der Waals surface area contributed by atoms with Gasteiger partial charge in [0.05, 0.1) is 5.41 Å². The summed E-state index contributed by atoms with van der Waals surface area (Å²) in [5.41, 5.74) is -0.774. The van der Waals surface area contributed by atoms with E-state index in [4.69, 9.17) is 5.11 Å². The number of halogens is 2. The molecule has 0 atom stereocenters. The number of hydrogen-bond acceptors (Lipinski definition) is 2. The second kappa shape index (κ2) is 4.41. The molecular weight excluding hydrogens is 279 g/mol. The molecule has 0 aliphatic carbocycles. The first kappa shape index (κ1) is 13.0. The molecule has 0 heterocycles. The third-order valence-electron chi connectivity index (χ3n) is 2.32. The highest BCUT2D eigenvalue weighted by molar-refractivity contribution is 9.10. The van der Waals surface area contributed by atoms with E-state index in [9.17, 15) is 14.3 Å². The molecule has 16 heavy (non-hydrogen) atoms. The number of phenols is 1.